The summed E-state index contributed by atoms with van der Waals surface area (Å²) in [5.74, 6) is 3.15. The molecule has 2 heterocycles. The molecule has 2 aromatic rings. The predicted molar refractivity (Wildman–Crippen MR) is 258 cm³/mol. The number of aromatic hydroxyl groups is 1. The van der Waals surface area contributed by atoms with Crippen molar-refractivity contribution in [3.63, 3.8) is 0 Å². The van der Waals surface area contributed by atoms with Crippen LogP contribution < -0.4 is 14.2 Å². The molecule has 2 aliphatic heterocycles. The van der Waals surface area contributed by atoms with Crippen molar-refractivity contribution in [2.24, 2.45) is 0 Å². The molecule has 0 amide bonds. The molecular weight excluding hydrogens is 789 g/mol. The van der Waals surface area contributed by atoms with Gasteiger partial charge in [0.05, 0.1) is 26.4 Å². The van der Waals surface area contributed by atoms with Gasteiger partial charge in [-0.25, -0.2) is 0 Å². The molecule has 0 fully saturated rings. The van der Waals surface area contributed by atoms with Crippen LogP contribution in [0.5, 0.6) is 28.7 Å². The fourth-order valence-corrected chi connectivity index (χ4v) is 8.64. The zero-order valence-electron chi connectivity index (χ0n) is 40.2. The van der Waals surface area contributed by atoms with Gasteiger partial charge in [-0.3, -0.25) is 0 Å². The minimum Gasteiger partial charge on any atom is -0.504 e. The Morgan fingerprint density at radius 2 is 1.02 bits per heavy atom. The number of ether oxygens (including phenoxy) is 3. The van der Waals surface area contributed by atoms with E-state index in [9.17, 15) is 25.5 Å². The number of hydrogen-bond acceptors (Lipinski definition) is 8. The van der Waals surface area contributed by atoms with Gasteiger partial charge < -0.3 is 39.7 Å². The molecule has 8 nitrogen and oxygen atoms in total. The lowest BCUT2D eigenvalue weighted by Gasteiger charge is -2.38. The fraction of sp³-hybridized carbons (Fsp3) is 0.564. The van der Waals surface area contributed by atoms with Gasteiger partial charge in [-0.2, -0.15) is 0 Å². The molecule has 2 aromatic carbocycles. The maximum Gasteiger partial charge on any atom is 0.176 e. The smallest absolute Gasteiger partial charge is 0.176 e. The highest BCUT2D eigenvalue weighted by Crippen LogP contribution is 2.50. The van der Waals surface area contributed by atoms with Crippen molar-refractivity contribution in [3.8, 4) is 28.7 Å². The van der Waals surface area contributed by atoms with Gasteiger partial charge in [0.2, 0.25) is 0 Å². The Labute approximate surface area is 379 Å². The molecule has 0 saturated heterocycles. The van der Waals surface area contributed by atoms with Crippen LogP contribution in [0, 0.1) is 20.8 Å². The molecule has 2 unspecified atom stereocenters. The third kappa shape index (κ3) is 15.6. The van der Waals surface area contributed by atoms with Crippen LogP contribution >= 0.6 is 0 Å². The van der Waals surface area contributed by atoms with E-state index in [1.54, 1.807) is 0 Å². The second-order valence-electron chi connectivity index (χ2n) is 19.0. The molecule has 0 saturated carbocycles. The minimum absolute atomic E-state index is 0.0850. The third-order valence-electron chi connectivity index (χ3n) is 13.2. The van der Waals surface area contributed by atoms with E-state index >= 15 is 0 Å². The van der Waals surface area contributed by atoms with Gasteiger partial charge in [-0.15, -0.1) is 0 Å². The van der Waals surface area contributed by atoms with Crippen molar-refractivity contribution in [2.45, 2.75) is 176 Å². The first-order valence-corrected chi connectivity index (χ1v) is 23.5. The van der Waals surface area contributed by atoms with Crippen LogP contribution in [0.15, 0.2) is 82.0 Å². The van der Waals surface area contributed by atoms with Crippen molar-refractivity contribution >= 4 is 0 Å². The summed E-state index contributed by atoms with van der Waals surface area (Å²) in [6, 6.07) is 4.12. The summed E-state index contributed by atoms with van der Waals surface area (Å²) >= 11 is 0. The number of rotatable bonds is 24. The molecule has 0 bridgehead atoms. The van der Waals surface area contributed by atoms with Crippen LogP contribution in [0.1, 0.15) is 159 Å². The maximum atomic E-state index is 11.5. The first kappa shape index (κ1) is 51.6. The summed E-state index contributed by atoms with van der Waals surface area (Å²) in [6.07, 6.45) is 27.8. The standard InChI is InChI=1S/C55H80O8/c1-38(20-12-24-45(34-56)35-57)16-10-18-40(3)22-14-28-54(8)30-26-47-33-48(32-42(5)51(47)62-54)61-53-49-27-31-55(9,63-52(49)44(7)43(6)50(53)60)29-15-23-41(4)19-11-17-39(2)21-13-25-46(36-58)37-59/h16-17,22-25,32-33,56-60H,10-15,18-21,26-31,34-37H2,1-9H3. The summed E-state index contributed by atoms with van der Waals surface area (Å²) in [6.45, 7) is 18.8. The molecule has 0 aliphatic carbocycles. The summed E-state index contributed by atoms with van der Waals surface area (Å²) in [4.78, 5) is 0. The second kappa shape index (κ2) is 24.8. The number of benzene rings is 2. The average Bonchev–Trinajstić information content (AvgIpc) is 3.25. The van der Waals surface area contributed by atoms with E-state index in [2.05, 4.69) is 78.8 Å². The Bertz CT molecular complexity index is 2020. The highest BCUT2D eigenvalue weighted by molar-refractivity contribution is 5.64. The topological polar surface area (TPSA) is 129 Å². The van der Waals surface area contributed by atoms with Gasteiger partial charge in [-0.1, -0.05) is 58.7 Å². The minimum atomic E-state index is -0.328. The van der Waals surface area contributed by atoms with Crippen LogP contribution in [0.25, 0.3) is 0 Å². The summed E-state index contributed by atoms with van der Waals surface area (Å²) < 4.78 is 20.3. The van der Waals surface area contributed by atoms with Gasteiger partial charge >= 0.3 is 0 Å². The Kier molecular flexibility index (Phi) is 20.3. The summed E-state index contributed by atoms with van der Waals surface area (Å²) in [5, 5.41) is 48.4. The number of phenols is 1. The first-order valence-electron chi connectivity index (χ1n) is 23.5. The molecule has 2 aliphatic rings. The van der Waals surface area contributed by atoms with Crippen LogP contribution in [-0.4, -0.2) is 63.2 Å². The summed E-state index contributed by atoms with van der Waals surface area (Å²) in [5.41, 5.74) is 11.0. The number of hydrogen-bond donors (Lipinski definition) is 5. The van der Waals surface area contributed by atoms with Crippen LogP contribution in [-0.2, 0) is 12.8 Å². The number of aryl methyl sites for hydroxylation is 2. The van der Waals surface area contributed by atoms with E-state index in [-0.39, 0.29) is 43.4 Å². The first-order chi connectivity index (χ1) is 30.0. The molecular formula is C55H80O8. The van der Waals surface area contributed by atoms with Gasteiger partial charge in [0.25, 0.3) is 0 Å². The van der Waals surface area contributed by atoms with E-state index in [1.807, 2.05) is 32.1 Å². The zero-order chi connectivity index (χ0) is 46.2. The molecule has 0 spiro atoms. The second-order valence-corrected chi connectivity index (χ2v) is 19.0. The molecule has 0 radical (unpaired) electrons. The Morgan fingerprint density at radius 3 is 1.49 bits per heavy atom. The van der Waals surface area contributed by atoms with Crippen molar-refractivity contribution in [3.05, 3.63) is 110 Å². The van der Waals surface area contributed by atoms with E-state index in [0.717, 1.165) is 142 Å². The fourth-order valence-electron chi connectivity index (χ4n) is 8.64. The number of fused-ring (bicyclic) bond motifs is 2. The van der Waals surface area contributed by atoms with Crippen LogP contribution in [0.3, 0.4) is 0 Å². The third-order valence-corrected chi connectivity index (χ3v) is 13.2. The number of aliphatic hydroxyl groups is 4. The molecule has 63 heavy (non-hydrogen) atoms. The van der Waals surface area contributed by atoms with Gasteiger partial charge in [0, 0.05) is 11.1 Å². The molecule has 2 atom stereocenters. The molecule has 0 aromatic heterocycles. The Hall–Kier alpha value is -4.08. The number of phenolic OH excluding ortho intramolecular Hbond substituents is 1. The van der Waals surface area contributed by atoms with E-state index in [1.165, 1.54) is 22.3 Å². The Balaban J connectivity index is 1.33. The van der Waals surface area contributed by atoms with Crippen molar-refractivity contribution in [1.29, 1.82) is 0 Å². The highest BCUT2D eigenvalue weighted by atomic mass is 16.5. The molecule has 5 N–H and O–H groups in total. The van der Waals surface area contributed by atoms with E-state index in [4.69, 9.17) is 14.2 Å². The predicted octanol–water partition coefficient (Wildman–Crippen LogP) is 12.6. The monoisotopic (exact) mass is 869 g/mol. The van der Waals surface area contributed by atoms with Gasteiger partial charge in [-0.05, 0) is 205 Å². The lowest BCUT2D eigenvalue weighted by atomic mass is 9.86. The molecule has 348 valence electrons. The highest BCUT2D eigenvalue weighted by Gasteiger charge is 2.36. The van der Waals surface area contributed by atoms with E-state index < -0.39 is 0 Å². The van der Waals surface area contributed by atoms with Crippen molar-refractivity contribution < 1.29 is 39.7 Å². The number of aliphatic hydroxyl groups excluding tert-OH is 4. The quantitative estimate of drug-likeness (QED) is 0.0660. The number of allylic oxidation sites excluding steroid dienone is 10. The Morgan fingerprint density at radius 1 is 0.587 bits per heavy atom. The maximum absolute atomic E-state index is 11.5. The van der Waals surface area contributed by atoms with Gasteiger partial charge in [0.15, 0.2) is 11.5 Å². The van der Waals surface area contributed by atoms with Gasteiger partial charge in [0.1, 0.15) is 28.5 Å². The summed E-state index contributed by atoms with van der Waals surface area (Å²) in [7, 11) is 0. The lowest BCUT2D eigenvalue weighted by molar-refractivity contribution is 0.0549. The normalized spacial score (nSPS) is 19.2. The molecule has 4 rings (SSSR count). The van der Waals surface area contributed by atoms with Crippen LogP contribution in [0.2, 0.25) is 0 Å². The van der Waals surface area contributed by atoms with Crippen LogP contribution in [0.4, 0.5) is 0 Å². The average molecular weight is 869 g/mol. The molecule has 8 heteroatoms. The zero-order valence-corrected chi connectivity index (χ0v) is 40.2. The SMILES string of the molecule is CC(=CCCC(C)=CCCC1(C)CCc2cc(Oc3c(O)c(C)c(C)c4c3CCC(C)(CCC=C(C)CCC=C(C)CCC=C(CO)CO)O4)cc(C)c2O1)CCC=C(CO)CO. The van der Waals surface area contributed by atoms with Crippen molar-refractivity contribution in [2.75, 3.05) is 26.4 Å². The largest absolute Gasteiger partial charge is 0.504 e. The van der Waals surface area contributed by atoms with Crippen molar-refractivity contribution in [1.82, 2.24) is 0 Å². The lowest BCUT2D eigenvalue weighted by Crippen LogP contribution is -2.36. The van der Waals surface area contributed by atoms with E-state index in [0.29, 0.717) is 22.6 Å².